The molecule has 2 aromatic carbocycles. The minimum Gasteiger partial charge on any atom is -0.324 e. The molecule has 1 N–H and O–H groups in total. The topological polar surface area (TPSA) is 69.7 Å². The van der Waals surface area contributed by atoms with Crippen LogP contribution in [0.15, 0.2) is 47.4 Å². The lowest BCUT2D eigenvalue weighted by atomic mass is 10.1. The fraction of sp³-hybridized carbons (Fsp3) is 0.381. The summed E-state index contributed by atoms with van der Waals surface area (Å²) in [4.78, 5) is 14.7. The van der Waals surface area contributed by atoms with Gasteiger partial charge in [0, 0.05) is 31.9 Å². The van der Waals surface area contributed by atoms with Gasteiger partial charge in [-0.25, -0.2) is 8.42 Å². The smallest absolute Gasteiger partial charge is 0.243 e. The van der Waals surface area contributed by atoms with E-state index in [9.17, 15) is 13.2 Å². The molecule has 1 fully saturated rings. The number of nitrogens with one attached hydrogen (secondary N) is 1. The second-order valence-corrected chi connectivity index (χ2v) is 9.25. The second-order valence-electron chi connectivity index (χ2n) is 7.31. The zero-order valence-corrected chi connectivity index (χ0v) is 17.4. The molecule has 0 radical (unpaired) electrons. The quantitative estimate of drug-likeness (QED) is 0.836. The van der Waals surface area contributed by atoms with Crippen molar-refractivity contribution >= 4 is 21.6 Å². The van der Waals surface area contributed by atoms with E-state index in [0.717, 1.165) is 22.4 Å². The lowest BCUT2D eigenvalue weighted by Crippen LogP contribution is -2.50. The van der Waals surface area contributed by atoms with Gasteiger partial charge in [0.1, 0.15) is 0 Å². The van der Waals surface area contributed by atoms with E-state index in [1.165, 1.54) is 4.31 Å². The van der Waals surface area contributed by atoms with Crippen molar-refractivity contribution in [2.24, 2.45) is 0 Å². The summed E-state index contributed by atoms with van der Waals surface area (Å²) in [6.07, 6.45) is 0. The molecule has 3 rings (SSSR count). The number of aryl methyl sites for hydroxylation is 3. The molecule has 0 aromatic heterocycles. The number of para-hydroxylation sites is 1. The molecule has 0 atom stereocenters. The fourth-order valence-electron chi connectivity index (χ4n) is 3.38. The predicted molar refractivity (Wildman–Crippen MR) is 111 cm³/mol. The van der Waals surface area contributed by atoms with Gasteiger partial charge in [0.2, 0.25) is 15.9 Å². The molecule has 1 aliphatic rings. The molecule has 1 heterocycles. The van der Waals surface area contributed by atoms with Crippen LogP contribution in [0.2, 0.25) is 0 Å². The molecule has 1 saturated heterocycles. The van der Waals surface area contributed by atoms with E-state index in [1.54, 1.807) is 24.3 Å². The summed E-state index contributed by atoms with van der Waals surface area (Å²) in [6, 6.07) is 12.8. The molecule has 1 aliphatic heterocycles. The summed E-state index contributed by atoms with van der Waals surface area (Å²) in [7, 11) is -3.48. The number of sulfonamides is 1. The second kappa shape index (κ2) is 8.43. The van der Waals surface area contributed by atoms with E-state index in [0.29, 0.717) is 31.1 Å². The first-order valence-corrected chi connectivity index (χ1v) is 10.9. The van der Waals surface area contributed by atoms with E-state index in [1.807, 2.05) is 43.9 Å². The highest BCUT2D eigenvalue weighted by molar-refractivity contribution is 7.89. The first-order valence-electron chi connectivity index (χ1n) is 9.42. The van der Waals surface area contributed by atoms with Crippen LogP contribution in [-0.4, -0.2) is 56.3 Å². The Morgan fingerprint density at radius 1 is 0.929 bits per heavy atom. The highest BCUT2D eigenvalue weighted by Crippen LogP contribution is 2.20. The van der Waals surface area contributed by atoms with Gasteiger partial charge < -0.3 is 5.32 Å². The third kappa shape index (κ3) is 4.60. The lowest BCUT2D eigenvalue weighted by molar-refractivity contribution is -0.117. The van der Waals surface area contributed by atoms with Gasteiger partial charge in [-0.2, -0.15) is 4.31 Å². The Bertz CT molecular complexity index is 927. The van der Waals surface area contributed by atoms with Gasteiger partial charge in [0.05, 0.1) is 11.4 Å². The molecular weight excluding hydrogens is 374 g/mol. The van der Waals surface area contributed by atoms with Crippen molar-refractivity contribution in [3.8, 4) is 0 Å². The summed E-state index contributed by atoms with van der Waals surface area (Å²) >= 11 is 0. The van der Waals surface area contributed by atoms with Gasteiger partial charge in [-0.05, 0) is 44.0 Å². The number of carbonyl (C=O) groups excluding carboxylic acids is 1. The zero-order chi connectivity index (χ0) is 20.3. The molecular formula is C21H27N3O3S. The Morgan fingerprint density at radius 3 is 2.07 bits per heavy atom. The minimum atomic E-state index is -3.48. The Balaban J connectivity index is 1.56. The van der Waals surface area contributed by atoms with Crippen molar-refractivity contribution in [3.05, 3.63) is 59.2 Å². The number of rotatable bonds is 5. The van der Waals surface area contributed by atoms with Crippen LogP contribution in [-0.2, 0) is 14.8 Å². The standard InChI is InChI=1S/C21H27N3O3S/c1-16-7-9-19(10-8-16)28(26,27)24-13-11-23(12-14-24)15-20(25)22-21-17(2)5-4-6-18(21)3/h4-10H,11-15H2,1-3H3,(H,22,25). The van der Waals surface area contributed by atoms with Crippen molar-refractivity contribution in [1.82, 2.24) is 9.21 Å². The summed E-state index contributed by atoms with van der Waals surface area (Å²) < 4.78 is 27.0. The molecule has 0 unspecified atom stereocenters. The van der Waals surface area contributed by atoms with Gasteiger partial charge in [-0.1, -0.05) is 35.9 Å². The van der Waals surface area contributed by atoms with Gasteiger partial charge in [0.15, 0.2) is 0 Å². The van der Waals surface area contributed by atoms with Gasteiger partial charge >= 0.3 is 0 Å². The van der Waals surface area contributed by atoms with Crippen LogP contribution >= 0.6 is 0 Å². The molecule has 0 bridgehead atoms. The van der Waals surface area contributed by atoms with Crippen LogP contribution in [0, 0.1) is 20.8 Å². The Labute approximate surface area is 167 Å². The maximum atomic E-state index is 12.8. The van der Waals surface area contributed by atoms with E-state index in [2.05, 4.69) is 5.32 Å². The maximum absolute atomic E-state index is 12.8. The number of hydrogen-bond acceptors (Lipinski definition) is 4. The number of piperazine rings is 1. The predicted octanol–water partition coefficient (Wildman–Crippen LogP) is 2.56. The average Bonchev–Trinajstić information content (AvgIpc) is 2.66. The SMILES string of the molecule is Cc1ccc(S(=O)(=O)N2CCN(CC(=O)Nc3c(C)cccc3C)CC2)cc1. The summed E-state index contributed by atoms with van der Waals surface area (Å²) in [6.45, 7) is 7.95. The zero-order valence-electron chi connectivity index (χ0n) is 16.6. The highest BCUT2D eigenvalue weighted by atomic mass is 32.2. The molecule has 1 amide bonds. The van der Waals surface area contributed by atoms with Crippen LogP contribution in [0.5, 0.6) is 0 Å². The average molecular weight is 402 g/mol. The summed E-state index contributed by atoms with van der Waals surface area (Å²) in [5.74, 6) is -0.0766. The fourth-order valence-corrected chi connectivity index (χ4v) is 4.80. The van der Waals surface area contributed by atoms with Crippen molar-refractivity contribution in [2.75, 3.05) is 38.0 Å². The number of hydrogen-bond donors (Lipinski definition) is 1. The van der Waals surface area contributed by atoms with Gasteiger partial charge in [-0.15, -0.1) is 0 Å². The Morgan fingerprint density at radius 2 is 1.50 bits per heavy atom. The summed E-state index contributed by atoms with van der Waals surface area (Å²) in [5.41, 5.74) is 3.94. The van der Waals surface area contributed by atoms with Crippen molar-refractivity contribution < 1.29 is 13.2 Å². The summed E-state index contributed by atoms with van der Waals surface area (Å²) in [5, 5.41) is 2.99. The van der Waals surface area contributed by atoms with E-state index >= 15 is 0 Å². The third-order valence-corrected chi connectivity index (χ3v) is 7.02. The number of anilines is 1. The maximum Gasteiger partial charge on any atom is 0.243 e. The van der Waals surface area contributed by atoms with Crippen LogP contribution < -0.4 is 5.32 Å². The van der Waals surface area contributed by atoms with Crippen LogP contribution in [0.25, 0.3) is 0 Å². The molecule has 6 nitrogen and oxygen atoms in total. The Hall–Kier alpha value is -2.22. The largest absolute Gasteiger partial charge is 0.324 e. The number of carbonyl (C=O) groups is 1. The van der Waals surface area contributed by atoms with E-state index < -0.39 is 10.0 Å². The Kier molecular flexibility index (Phi) is 6.17. The van der Waals surface area contributed by atoms with Crippen molar-refractivity contribution in [3.63, 3.8) is 0 Å². The molecule has 0 aliphatic carbocycles. The first-order chi connectivity index (χ1) is 13.3. The van der Waals surface area contributed by atoms with Gasteiger partial charge in [0.25, 0.3) is 0 Å². The highest BCUT2D eigenvalue weighted by Gasteiger charge is 2.29. The molecule has 2 aromatic rings. The molecule has 7 heteroatoms. The van der Waals surface area contributed by atoms with Crippen LogP contribution in [0.1, 0.15) is 16.7 Å². The van der Waals surface area contributed by atoms with Crippen molar-refractivity contribution in [2.45, 2.75) is 25.7 Å². The monoisotopic (exact) mass is 401 g/mol. The third-order valence-electron chi connectivity index (χ3n) is 5.10. The number of nitrogens with zero attached hydrogens (tertiary/aromatic N) is 2. The molecule has 28 heavy (non-hydrogen) atoms. The van der Waals surface area contributed by atoms with E-state index in [-0.39, 0.29) is 12.5 Å². The number of amides is 1. The van der Waals surface area contributed by atoms with E-state index in [4.69, 9.17) is 0 Å². The molecule has 0 saturated carbocycles. The van der Waals surface area contributed by atoms with Crippen LogP contribution in [0.4, 0.5) is 5.69 Å². The first kappa shape index (κ1) is 20.5. The van der Waals surface area contributed by atoms with Gasteiger partial charge in [-0.3, -0.25) is 9.69 Å². The van der Waals surface area contributed by atoms with Crippen LogP contribution in [0.3, 0.4) is 0 Å². The lowest BCUT2D eigenvalue weighted by Gasteiger charge is -2.33. The number of benzene rings is 2. The molecule has 150 valence electrons. The molecule has 0 spiro atoms. The minimum absolute atomic E-state index is 0.0766. The van der Waals surface area contributed by atoms with Crippen molar-refractivity contribution in [1.29, 1.82) is 0 Å². The normalized spacial score (nSPS) is 16.1.